The third kappa shape index (κ3) is 6.97. The van der Waals surface area contributed by atoms with E-state index in [1.165, 1.54) is 18.9 Å². The molecule has 3 rings (SSSR count). The monoisotopic (exact) mass is 440 g/mol. The molecule has 1 amide bonds. The lowest BCUT2D eigenvalue weighted by atomic mass is 10.1. The minimum absolute atomic E-state index is 0.0939. The van der Waals surface area contributed by atoms with Crippen molar-refractivity contribution in [3.05, 3.63) is 65.0 Å². The lowest BCUT2D eigenvalue weighted by Gasteiger charge is -2.19. The van der Waals surface area contributed by atoms with Crippen molar-refractivity contribution in [3.63, 3.8) is 0 Å². The minimum atomic E-state index is -0.346. The first-order valence-corrected chi connectivity index (χ1v) is 11.3. The second-order valence-corrected chi connectivity index (χ2v) is 8.07. The first-order chi connectivity index (χ1) is 15.5. The number of guanidine groups is 1. The Morgan fingerprint density at radius 2 is 1.94 bits per heavy atom. The van der Waals surface area contributed by atoms with Crippen LogP contribution in [0, 0.1) is 11.7 Å². The number of halogens is 1. The van der Waals surface area contributed by atoms with Crippen LogP contribution in [0.25, 0.3) is 0 Å². The molecule has 0 heterocycles. The maximum absolute atomic E-state index is 14.5. The summed E-state index contributed by atoms with van der Waals surface area (Å²) in [5.74, 6) is 1.07. The van der Waals surface area contributed by atoms with E-state index in [1.807, 2.05) is 45.0 Å². The Bertz CT molecular complexity index is 943. The summed E-state index contributed by atoms with van der Waals surface area (Å²) in [5.41, 5.74) is 2.36. The molecular weight excluding hydrogens is 407 g/mol. The van der Waals surface area contributed by atoms with Crippen molar-refractivity contribution in [2.75, 3.05) is 19.7 Å². The van der Waals surface area contributed by atoms with E-state index in [1.54, 1.807) is 12.1 Å². The molecule has 1 unspecified atom stereocenters. The second-order valence-electron chi connectivity index (χ2n) is 8.07. The lowest BCUT2D eigenvalue weighted by Crippen LogP contribution is -2.38. The summed E-state index contributed by atoms with van der Waals surface area (Å²) < 4.78 is 20.0. The van der Waals surface area contributed by atoms with Gasteiger partial charge < -0.3 is 20.7 Å². The second kappa shape index (κ2) is 11.5. The molecule has 0 saturated heterocycles. The molecule has 1 aliphatic rings. The quantitative estimate of drug-likeness (QED) is 0.383. The molecule has 2 aromatic carbocycles. The van der Waals surface area contributed by atoms with E-state index in [9.17, 15) is 9.18 Å². The molecule has 0 aliphatic heterocycles. The molecule has 6 nitrogen and oxygen atoms in total. The fourth-order valence-electron chi connectivity index (χ4n) is 3.25. The van der Waals surface area contributed by atoms with Crippen LogP contribution in [-0.4, -0.2) is 31.6 Å². The number of amides is 1. The summed E-state index contributed by atoms with van der Waals surface area (Å²) in [5, 5.41) is 9.34. The van der Waals surface area contributed by atoms with Crippen LogP contribution in [0.4, 0.5) is 4.39 Å². The summed E-state index contributed by atoms with van der Waals surface area (Å²) in [6.07, 6.45) is 2.34. The van der Waals surface area contributed by atoms with Gasteiger partial charge in [0.2, 0.25) is 0 Å². The Morgan fingerprint density at radius 3 is 2.62 bits per heavy atom. The zero-order chi connectivity index (χ0) is 22.9. The topological polar surface area (TPSA) is 74.8 Å². The average Bonchev–Trinajstić information content (AvgIpc) is 3.61. The molecule has 32 heavy (non-hydrogen) atoms. The standard InChI is InChI=1S/C25H33FN4O2/c1-4-27-24(31)21-8-6-7-19(13-21)15-29-25(28-5-2)30-17(3)20-11-12-23(22(26)14-20)32-16-18-9-10-18/h6-8,11-14,17-18H,4-5,9-10,15-16H2,1-3H3,(H,27,31)(H2,28,29,30). The van der Waals surface area contributed by atoms with Crippen LogP contribution < -0.4 is 20.7 Å². The third-order valence-corrected chi connectivity index (χ3v) is 5.27. The minimum Gasteiger partial charge on any atom is -0.490 e. The van der Waals surface area contributed by atoms with Crippen LogP contribution in [0.2, 0.25) is 0 Å². The number of rotatable bonds is 10. The van der Waals surface area contributed by atoms with Crippen molar-refractivity contribution < 1.29 is 13.9 Å². The van der Waals surface area contributed by atoms with E-state index < -0.39 is 0 Å². The number of ether oxygens (including phenoxy) is 1. The van der Waals surface area contributed by atoms with Crippen molar-refractivity contribution in [3.8, 4) is 5.75 Å². The Balaban J connectivity index is 1.63. The number of hydrogen-bond donors (Lipinski definition) is 3. The van der Waals surface area contributed by atoms with Gasteiger partial charge in [0.1, 0.15) is 0 Å². The summed E-state index contributed by atoms with van der Waals surface area (Å²) in [6.45, 7) is 8.12. The highest BCUT2D eigenvalue weighted by atomic mass is 19.1. The predicted octanol–water partition coefficient (Wildman–Crippen LogP) is 4.18. The van der Waals surface area contributed by atoms with Gasteiger partial charge in [0.25, 0.3) is 5.91 Å². The highest BCUT2D eigenvalue weighted by Gasteiger charge is 2.22. The van der Waals surface area contributed by atoms with Crippen molar-refractivity contribution in [1.82, 2.24) is 16.0 Å². The van der Waals surface area contributed by atoms with E-state index in [-0.39, 0.29) is 17.8 Å². The Hall–Kier alpha value is -3.09. The maximum atomic E-state index is 14.5. The summed E-state index contributed by atoms with van der Waals surface area (Å²) in [7, 11) is 0. The molecule has 2 aromatic rings. The number of carbonyl (C=O) groups is 1. The first kappa shape index (κ1) is 23.6. The van der Waals surface area contributed by atoms with Crippen molar-refractivity contribution in [1.29, 1.82) is 0 Å². The van der Waals surface area contributed by atoms with E-state index in [2.05, 4.69) is 20.9 Å². The van der Waals surface area contributed by atoms with Crippen LogP contribution in [0.1, 0.15) is 61.1 Å². The summed E-state index contributed by atoms with van der Waals surface area (Å²) in [6, 6.07) is 12.4. The molecule has 1 aliphatic carbocycles. The lowest BCUT2D eigenvalue weighted by molar-refractivity contribution is 0.0955. The van der Waals surface area contributed by atoms with Gasteiger partial charge >= 0.3 is 0 Å². The zero-order valence-electron chi connectivity index (χ0n) is 19.1. The van der Waals surface area contributed by atoms with Crippen LogP contribution in [0.5, 0.6) is 5.75 Å². The fourth-order valence-corrected chi connectivity index (χ4v) is 3.25. The molecule has 1 fully saturated rings. The van der Waals surface area contributed by atoms with Gasteiger partial charge in [-0.25, -0.2) is 9.38 Å². The molecule has 7 heteroatoms. The van der Waals surface area contributed by atoms with E-state index >= 15 is 0 Å². The number of aliphatic imine (C=N–C) groups is 1. The molecular formula is C25H33FN4O2. The molecule has 172 valence electrons. The predicted molar refractivity (Wildman–Crippen MR) is 125 cm³/mol. The van der Waals surface area contributed by atoms with Crippen molar-refractivity contribution in [2.45, 2.75) is 46.2 Å². The van der Waals surface area contributed by atoms with Gasteiger partial charge in [-0.05, 0) is 74.9 Å². The number of nitrogens with one attached hydrogen (secondary N) is 3. The third-order valence-electron chi connectivity index (χ3n) is 5.27. The number of hydrogen-bond acceptors (Lipinski definition) is 3. The normalized spacial score (nSPS) is 14.6. The number of nitrogens with zero attached hydrogens (tertiary/aromatic N) is 1. The fraction of sp³-hybridized carbons (Fsp3) is 0.440. The first-order valence-electron chi connectivity index (χ1n) is 11.3. The molecule has 1 atom stereocenters. The zero-order valence-corrected chi connectivity index (χ0v) is 19.1. The largest absolute Gasteiger partial charge is 0.490 e. The molecule has 0 aromatic heterocycles. The van der Waals surface area contributed by atoms with Gasteiger partial charge in [-0.15, -0.1) is 0 Å². The van der Waals surface area contributed by atoms with Gasteiger partial charge in [-0.1, -0.05) is 18.2 Å². The highest BCUT2D eigenvalue weighted by Crippen LogP contribution is 2.30. The van der Waals surface area contributed by atoms with Crippen LogP contribution in [0.3, 0.4) is 0 Å². The van der Waals surface area contributed by atoms with Crippen molar-refractivity contribution in [2.24, 2.45) is 10.9 Å². The molecule has 0 bridgehead atoms. The van der Waals surface area contributed by atoms with Gasteiger partial charge in [0, 0.05) is 18.7 Å². The van der Waals surface area contributed by atoms with Crippen LogP contribution >= 0.6 is 0 Å². The van der Waals surface area contributed by atoms with E-state index in [0.717, 1.165) is 11.1 Å². The Labute approximate surface area is 189 Å². The SMILES string of the molecule is CCNC(=O)c1cccc(CN=C(NCC)NC(C)c2ccc(OCC3CC3)c(F)c2)c1. The van der Waals surface area contributed by atoms with Crippen molar-refractivity contribution >= 4 is 11.9 Å². The van der Waals surface area contributed by atoms with Crippen LogP contribution in [-0.2, 0) is 6.54 Å². The van der Waals surface area contributed by atoms with E-state index in [4.69, 9.17) is 4.74 Å². The summed E-state index contributed by atoms with van der Waals surface area (Å²) in [4.78, 5) is 16.7. The molecule has 1 saturated carbocycles. The van der Waals surface area contributed by atoms with Gasteiger partial charge in [-0.2, -0.15) is 0 Å². The number of carbonyl (C=O) groups excluding carboxylic acids is 1. The van der Waals surface area contributed by atoms with Crippen LogP contribution in [0.15, 0.2) is 47.5 Å². The van der Waals surface area contributed by atoms with E-state index in [0.29, 0.717) is 49.4 Å². The van der Waals surface area contributed by atoms with Gasteiger partial charge in [0.05, 0.1) is 19.2 Å². The highest BCUT2D eigenvalue weighted by molar-refractivity contribution is 5.94. The Morgan fingerprint density at radius 1 is 1.16 bits per heavy atom. The molecule has 0 spiro atoms. The van der Waals surface area contributed by atoms with Gasteiger partial charge in [-0.3, -0.25) is 4.79 Å². The average molecular weight is 441 g/mol. The summed E-state index contributed by atoms with van der Waals surface area (Å²) >= 11 is 0. The smallest absolute Gasteiger partial charge is 0.251 e. The molecule has 3 N–H and O–H groups in total. The molecule has 0 radical (unpaired) electrons. The maximum Gasteiger partial charge on any atom is 0.251 e. The Kier molecular flexibility index (Phi) is 8.48. The number of benzene rings is 2. The van der Waals surface area contributed by atoms with Gasteiger partial charge in [0.15, 0.2) is 17.5 Å².